The number of benzene rings is 1. The second-order valence-electron chi connectivity index (χ2n) is 4.96. The zero-order valence-corrected chi connectivity index (χ0v) is 19.1. The van der Waals surface area contributed by atoms with Crippen molar-refractivity contribution in [2.75, 3.05) is 0 Å². The van der Waals surface area contributed by atoms with E-state index in [1.54, 1.807) is 3.59 Å². The Balaban J connectivity index is 3.24. The maximum absolute atomic E-state index is 3.99. The number of rotatable bonds is 3. The Labute approximate surface area is 119 Å². The average molecular weight is 560 g/mol. The molecule has 0 aliphatic rings. The van der Waals surface area contributed by atoms with Crippen LogP contribution in [0.25, 0.3) is 3.59 Å². The minimum atomic E-state index is -2.19. The van der Waals surface area contributed by atoms with Gasteiger partial charge in [0.05, 0.1) is 0 Å². The first-order valence-corrected chi connectivity index (χ1v) is 32.7. The van der Waals surface area contributed by atoms with Crippen molar-refractivity contribution in [3.8, 4) is 0 Å². The molecule has 0 spiro atoms. The summed E-state index contributed by atoms with van der Waals surface area (Å²) in [4.78, 5) is 9.61. The molecule has 0 saturated carbocycles. The van der Waals surface area contributed by atoms with Gasteiger partial charge in [0.1, 0.15) is 0 Å². The van der Waals surface area contributed by atoms with Crippen LogP contribution in [0, 0.1) is 0 Å². The van der Waals surface area contributed by atoms with E-state index >= 15 is 0 Å². The molecule has 0 unspecified atom stereocenters. The van der Waals surface area contributed by atoms with Crippen molar-refractivity contribution in [1.82, 2.24) is 0 Å². The van der Waals surface area contributed by atoms with Gasteiger partial charge >= 0.3 is 121 Å². The summed E-state index contributed by atoms with van der Waals surface area (Å²) >= 11 is 3.66. The average Bonchev–Trinajstić information content (AvgIpc) is 2.13. The van der Waals surface area contributed by atoms with Gasteiger partial charge in [0.2, 0.25) is 0 Å². The summed E-state index contributed by atoms with van der Waals surface area (Å²) in [5.74, 6) is 0. The molecule has 1 aromatic carbocycles. The fourth-order valence-electron chi connectivity index (χ4n) is 1.56. The molecule has 0 saturated heterocycles. The molecule has 1 aromatic rings. The standard InChI is InChI=1S/C8H6.4CH3.2BrH.2Sn/c1-2-8-6-4-3-5-7-8;;;;;;;;/h1,3-7H;4*1H3;2*1H;;/q;;;;;;;2*+1/p-2. The molecular weight excluding hydrogens is 541 g/mol. The van der Waals surface area contributed by atoms with Crippen molar-refractivity contribution in [1.29, 1.82) is 0 Å². The van der Waals surface area contributed by atoms with Crippen LogP contribution in [0.4, 0.5) is 0 Å². The van der Waals surface area contributed by atoms with E-state index in [-0.39, 0.29) is 0 Å². The molecule has 88 valence electrons. The van der Waals surface area contributed by atoms with Crippen LogP contribution < -0.4 is 0 Å². The van der Waals surface area contributed by atoms with Crippen molar-refractivity contribution in [2.24, 2.45) is 0 Å². The van der Waals surface area contributed by atoms with E-state index in [1.165, 1.54) is 5.56 Å². The van der Waals surface area contributed by atoms with E-state index in [9.17, 15) is 0 Å². The van der Waals surface area contributed by atoms with E-state index in [4.69, 9.17) is 0 Å². The van der Waals surface area contributed by atoms with Crippen LogP contribution in [-0.4, -0.2) is 32.3 Å². The summed E-state index contributed by atoms with van der Waals surface area (Å²) in [7, 11) is 0. The second kappa shape index (κ2) is 6.11. The van der Waals surface area contributed by atoms with Gasteiger partial charge in [-0.1, -0.05) is 0 Å². The van der Waals surface area contributed by atoms with Gasteiger partial charge in [-0.15, -0.1) is 0 Å². The zero-order valence-electron chi connectivity index (χ0n) is 10.2. The monoisotopic (exact) mass is 560 g/mol. The Kier molecular flexibility index (Phi) is 5.95. The fraction of sp³-hybridized carbons (Fsp3) is 0.333. The normalized spacial score (nSPS) is 14.0. The molecule has 0 aliphatic heterocycles. The molecule has 0 heterocycles. The molecule has 0 aromatic heterocycles. The van der Waals surface area contributed by atoms with E-state index in [0.717, 1.165) is 0 Å². The predicted molar refractivity (Wildman–Crippen MR) is 87.2 cm³/mol. The minimum absolute atomic E-state index is 1.41. The summed E-state index contributed by atoms with van der Waals surface area (Å²) in [5, 5.41) is 0. The number of halogens is 2. The van der Waals surface area contributed by atoms with Crippen molar-refractivity contribution in [2.45, 2.75) is 19.8 Å². The van der Waals surface area contributed by atoms with Crippen LogP contribution >= 0.6 is 25.4 Å². The Morgan fingerprint density at radius 3 is 1.88 bits per heavy atom. The third-order valence-electron chi connectivity index (χ3n) is 2.21. The van der Waals surface area contributed by atoms with Gasteiger partial charge in [0, 0.05) is 0 Å². The van der Waals surface area contributed by atoms with E-state index in [2.05, 4.69) is 79.6 Å². The molecule has 0 atom stereocenters. The summed E-state index contributed by atoms with van der Waals surface area (Å²) in [6.45, 7) is 0. The summed E-state index contributed by atoms with van der Waals surface area (Å²) < 4.78 is 4.17. The predicted octanol–water partition coefficient (Wildman–Crippen LogP) is 5.35. The quantitative estimate of drug-likeness (QED) is 0.439. The third kappa shape index (κ3) is 5.44. The summed E-state index contributed by atoms with van der Waals surface area (Å²) in [6, 6.07) is 10.8. The Bertz CT molecular complexity index is 372. The molecular formula is C12H18Br2Sn2. The van der Waals surface area contributed by atoms with Gasteiger partial charge in [-0.25, -0.2) is 0 Å². The van der Waals surface area contributed by atoms with Gasteiger partial charge < -0.3 is 0 Å². The zero-order chi connectivity index (χ0) is 12.4. The van der Waals surface area contributed by atoms with Crippen molar-refractivity contribution in [3.63, 3.8) is 0 Å². The first-order chi connectivity index (χ1) is 7.20. The SMILES string of the molecule is [CH3][Sn]([CH3])([Br])/[CH]=[C](/c1ccccc1)[Sn]([CH3])([CH3])[Br]. The molecule has 4 heteroatoms. The fourth-order valence-corrected chi connectivity index (χ4v) is 33.2. The Hall–Kier alpha value is 1.52. The first kappa shape index (κ1) is 15.6. The van der Waals surface area contributed by atoms with E-state index in [0.29, 0.717) is 0 Å². The van der Waals surface area contributed by atoms with Crippen LogP contribution in [0.3, 0.4) is 0 Å². The number of hydrogen-bond acceptors (Lipinski definition) is 0. The topological polar surface area (TPSA) is 0 Å². The second-order valence-corrected chi connectivity index (χ2v) is 51.7. The maximum atomic E-state index is 3.99. The molecule has 0 nitrogen and oxygen atoms in total. The third-order valence-corrected chi connectivity index (χ3v) is 16.6. The van der Waals surface area contributed by atoms with Crippen molar-refractivity contribution in [3.05, 3.63) is 40.0 Å². The Morgan fingerprint density at radius 1 is 1.00 bits per heavy atom. The molecule has 0 aliphatic carbocycles. The molecule has 16 heavy (non-hydrogen) atoms. The van der Waals surface area contributed by atoms with Crippen LogP contribution in [0.15, 0.2) is 34.4 Å². The number of hydrogen-bond donors (Lipinski definition) is 0. The van der Waals surface area contributed by atoms with Crippen LogP contribution in [0.1, 0.15) is 5.56 Å². The molecule has 1 rings (SSSR count). The van der Waals surface area contributed by atoms with E-state index in [1.807, 2.05) is 0 Å². The van der Waals surface area contributed by atoms with Crippen LogP contribution in [-0.2, 0) is 0 Å². The van der Waals surface area contributed by atoms with Crippen LogP contribution in [0.2, 0.25) is 19.8 Å². The molecule has 0 fully saturated rings. The summed E-state index contributed by atoms with van der Waals surface area (Å²) in [6.07, 6.45) is 0. The van der Waals surface area contributed by atoms with Crippen LogP contribution in [0.5, 0.6) is 0 Å². The van der Waals surface area contributed by atoms with E-state index < -0.39 is 32.3 Å². The molecule has 0 amide bonds. The molecule has 0 radical (unpaired) electrons. The van der Waals surface area contributed by atoms with Gasteiger partial charge in [0.25, 0.3) is 0 Å². The van der Waals surface area contributed by atoms with Crippen molar-refractivity contribution >= 4 is 61.3 Å². The van der Waals surface area contributed by atoms with Gasteiger partial charge in [-0.05, 0) is 0 Å². The van der Waals surface area contributed by atoms with Crippen molar-refractivity contribution < 1.29 is 0 Å². The first-order valence-electron chi connectivity index (χ1n) is 5.37. The van der Waals surface area contributed by atoms with Gasteiger partial charge in [-0.3, -0.25) is 0 Å². The van der Waals surface area contributed by atoms with Gasteiger partial charge in [-0.2, -0.15) is 0 Å². The Morgan fingerprint density at radius 2 is 1.50 bits per heavy atom. The molecule has 0 N–H and O–H groups in total. The summed E-state index contributed by atoms with van der Waals surface area (Å²) in [5.41, 5.74) is 1.41. The molecule has 0 bridgehead atoms. The van der Waals surface area contributed by atoms with Gasteiger partial charge in [0.15, 0.2) is 0 Å².